The molecule has 0 aromatic carbocycles. The predicted molar refractivity (Wildman–Crippen MR) is 82.1 cm³/mol. The van der Waals surface area contributed by atoms with Crippen LogP contribution >= 0.6 is 0 Å². The maximum Gasteiger partial charge on any atom is 0.193 e. The molecule has 0 heterocycles. The molecule has 3 heteroatoms. The van der Waals surface area contributed by atoms with Crippen LogP contribution in [0, 0.1) is 5.41 Å². The molecule has 0 unspecified atom stereocenters. The van der Waals surface area contributed by atoms with E-state index in [0.717, 1.165) is 31.9 Å². The summed E-state index contributed by atoms with van der Waals surface area (Å²) in [7, 11) is 3.93. The van der Waals surface area contributed by atoms with Crippen molar-refractivity contribution in [2.45, 2.75) is 46.5 Å². The van der Waals surface area contributed by atoms with Gasteiger partial charge in [0.05, 0.1) is 0 Å². The number of nitrogens with zero attached hydrogens (tertiary/aromatic N) is 2. The van der Waals surface area contributed by atoms with E-state index >= 15 is 0 Å². The number of hydrogen-bond acceptors (Lipinski definition) is 1. The zero-order chi connectivity index (χ0) is 14.0. The van der Waals surface area contributed by atoms with Crippen LogP contribution in [-0.2, 0) is 0 Å². The third kappa shape index (κ3) is 9.08. The first-order chi connectivity index (χ1) is 8.40. The van der Waals surface area contributed by atoms with Gasteiger partial charge in [-0.25, -0.2) is 0 Å². The van der Waals surface area contributed by atoms with Crippen molar-refractivity contribution in [2.75, 3.05) is 27.2 Å². The van der Waals surface area contributed by atoms with Crippen LogP contribution in [0.4, 0.5) is 0 Å². The molecule has 0 fully saturated rings. The zero-order valence-electron chi connectivity index (χ0n) is 12.9. The molecule has 1 N–H and O–H groups in total. The zero-order valence-corrected chi connectivity index (χ0v) is 12.9. The van der Waals surface area contributed by atoms with Crippen molar-refractivity contribution in [3.63, 3.8) is 0 Å². The van der Waals surface area contributed by atoms with Crippen LogP contribution in [0.3, 0.4) is 0 Å². The van der Waals surface area contributed by atoms with E-state index in [2.05, 4.69) is 49.6 Å². The van der Waals surface area contributed by atoms with Gasteiger partial charge in [0, 0.05) is 27.2 Å². The highest BCUT2D eigenvalue weighted by Crippen LogP contribution is 2.19. The summed E-state index contributed by atoms with van der Waals surface area (Å²) in [4.78, 5) is 6.49. The van der Waals surface area contributed by atoms with Crippen molar-refractivity contribution < 1.29 is 0 Å². The summed E-state index contributed by atoms with van der Waals surface area (Å²) >= 11 is 0. The van der Waals surface area contributed by atoms with Crippen molar-refractivity contribution in [2.24, 2.45) is 10.4 Å². The summed E-state index contributed by atoms with van der Waals surface area (Å²) in [5.74, 6) is 0.993. The number of rotatable bonds is 7. The minimum atomic E-state index is 0.418. The van der Waals surface area contributed by atoms with Gasteiger partial charge >= 0.3 is 0 Å². The Bertz CT molecular complexity index is 251. The fourth-order valence-electron chi connectivity index (χ4n) is 1.78. The highest BCUT2D eigenvalue weighted by molar-refractivity contribution is 5.79. The molecule has 0 bridgehead atoms. The first kappa shape index (κ1) is 17.0. The van der Waals surface area contributed by atoms with Crippen LogP contribution < -0.4 is 5.32 Å². The van der Waals surface area contributed by atoms with Crippen LogP contribution in [0.25, 0.3) is 0 Å². The lowest BCUT2D eigenvalue weighted by Crippen LogP contribution is -2.39. The summed E-state index contributed by atoms with van der Waals surface area (Å²) in [6.07, 6.45) is 6.57. The van der Waals surface area contributed by atoms with Gasteiger partial charge in [0.2, 0.25) is 0 Å². The van der Waals surface area contributed by atoms with Gasteiger partial charge < -0.3 is 10.2 Å². The van der Waals surface area contributed by atoms with Gasteiger partial charge in [-0.15, -0.1) is 6.58 Å². The molecule has 0 rings (SSSR count). The molecular formula is C15H31N3. The molecule has 0 radical (unpaired) electrons. The molecule has 0 atom stereocenters. The molecule has 0 aromatic rings. The fourth-order valence-corrected chi connectivity index (χ4v) is 1.78. The Hall–Kier alpha value is -0.990. The van der Waals surface area contributed by atoms with Crippen molar-refractivity contribution in [1.29, 1.82) is 0 Å². The average Bonchev–Trinajstić information content (AvgIpc) is 2.28. The quantitative estimate of drug-likeness (QED) is 0.326. The third-order valence-electron chi connectivity index (χ3n) is 2.86. The topological polar surface area (TPSA) is 27.6 Å². The predicted octanol–water partition coefficient (Wildman–Crippen LogP) is 3.29. The maximum atomic E-state index is 4.31. The molecule has 0 aliphatic rings. The van der Waals surface area contributed by atoms with Crippen LogP contribution in [0.2, 0.25) is 0 Å². The fraction of sp³-hybridized carbons (Fsp3) is 0.800. The largest absolute Gasteiger partial charge is 0.356 e. The maximum absolute atomic E-state index is 4.31. The van der Waals surface area contributed by atoms with Crippen LogP contribution in [0.1, 0.15) is 46.5 Å². The van der Waals surface area contributed by atoms with Gasteiger partial charge in [0.25, 0.3) is 0 Å². The number of nitrogens with one attached hydrogen (secondary N) is 1. The Labute approximate surface area is 113 Å². The monoisotopic (exact) mass is 253 g/mol. The number of allylic oxidation sites excluding steroid dienone is 1. The Kier molecular flexibility index (Phi) is 8.51. The van der Waals surface area contributed by atoms with Crippen molar-refractivity contribution in [3.8, 4) is 0 Å². The first-order valence-electron chi connectivity index (χ1n) is 6.93. The Morgan fingerprint density at radius 3 is 2.50 bits per heavy atom. The van der Waals surface area contributed by atoms with E-state index in [4.69, 9.17) is 0 Å². The van der Waals surface area contributed by atoms with E-state index in [1.165, 1.54) is 12.8 Å². The highest BCUT2D eigenvalue weighted by atomic mass is 15.3. The highest BCUT2D eigenvalue weighted by Gasteiger charge is 2.10. The van der Waals surface area contributed by atoms with Crippen molar-refractivity contribution >= 4 is 5.96 Å². The molecule has 0 saturated carbocycles. The van der Waals surface area contributed by atoms with E-state index in [0.29, 0.717) is 5.41 Å². The molecule has 0 spiro atoms. The average molecular weight is 253 g/mol. The van der Waals surface area contributed by atoms with Crippen molar-refractivity contribution in [3.05, 3.63) is 12.7 Å². The minimum absolute atomic E-state index is 0.418. The van der Waals surface area contributed by atoms with Crippen LogP contribution in [-0.4, -0.2) is 38.0 Å². The van der Waals surface area contributed by atoms with Gasteiger partial charge in [-0.1, -0.05) is 26.8 Å². The summed E-state index contributed by atoms with van der Waals surface area (Å²) in [6, 6.07) is 0. The standard InChI is InChI=1S/C15H31N3/c1-7-8-9-13-18(6)14(16-5)17-12-10-11-15(2,3)4/h7H,1,8-13H2,2-6H3,(H,16,17). The second-order valence-electron chi connectivity index (χ2n) is 5.99. The number of hydrogen-bond donors (Lipinski definition) is 1. The normalized spacial score (nSPS) is 12.4. The molecule has 0 aliphatic heterocycles. The van der Waals surface area contributed by atoms with E-state index in [1.54, 1.807) is 0 Å². The van der Waals surface area contributed by atoms with Gasteiger partial charge in [0.1, 0.15) is 0 Å². The molecule has 0 amide bonds. The summed E-state index contributed by atoms with van der Waals surface area (Å²) < 4.78 is 0. The molecule has 106 valence electrons. The summed E-state index contributed by atoms with van der Waals surface area (Å²) in [6.45, 7) is 12.6. The lowest BCUT2D eigenvalue weighted by molar-refractivity contribution is 0.363. The van der Waals surface area contributed by atoms with Gasteiger partial charge in [0.15, 0.2) is 5.96 Å². The third-order valence-corrected chi connectivity index (χ3v) is 2.86. The van der Waals surface area contributed by atoms with E-state index in [9.17, 15) is 0 Å². The number of guanidine groups is 1. The lowest BCUT2D eigenvalue weighted by Gasteiger charge is -2.23. The van der Waals surface area contributed by atoms with Crippen LogP contribution in [0.5, 0.6) is 0 Å². The minimum Gasteiger partial charge on any atom is -0.356 e. The lowest BCUT2D eigenvalue weighted by atomic mass is 9.91. The molecule has 0 saturated heterocycles. The second-order valence-corrected chi connectivity index (χ2v) is 5.99. The molecule has 3 nitrogen and oxygen atoms in total. The number of unbranched alkanes of at least 4 members (excludes halogenated alkanes) is 1. The summed E-state index contributed by atoms with van der Waals surface area (Å²) in [5, 5.41) is 3.42. The number of aliphatic imine (C=N–C) groups is 1. The van der Waals surface area contributed by atoms with E-state index < -0.39 is 0 Å². The Balaban J connectivity index is 3.86. The molecule has 18 heavy (non-hydrogen) atoms. The van der Waals surface area contributed by atoms with Crippen molar-refractivity contribution in [1.82, 2.24) is 10.2 Å². The second kappa shape index (κ2) is 9.01. The van der Waals surface area contributed by atoms with E-state index in [-0.39, 0.29) is 0 Å². The Morgan fingerprint density at radius 2 is 2.00 bits per heavy atom. The Morgan fingerprint density at radius 1 is 1.33 bits per heavy atom. The first-order valence-corrected chi connectivity index (χ1v) is 6.93. The van der Waals surface area contributed by atoms with E-state index in [1.807, 2.05) is 13.1 Å². The summed E-state index contributed by atoms with van der Waals surface area (Å²) in [5.41, 5.74) is 0.418. The SMILES string of the molecule is C=CCCCN(C)C(=NC)NCCCC(C)(C)C. The van der Waals surface area contributed by atoms with Gasteiger partial charge in [-0.2, -0.15) is 0 Å². The van der Waals surface area contributed by atoms with Gasteiger partial charge in [-0.05, 0) is 31.1 Å². The smallest absolute Gasteiger partial charge is 0.193 e. The van der Waals surface area contributed by atoms with Crippen LogP contribution in [0.15, 0.2) is 17.6 Å². The van der Waals surface area contributed by atoms with Gasteiger partial charge in [-0.3, -0.25) is 4.99 Å². The molecule has 0 aliphatic carbocycles. The molecule has 0 aromatic heterocycles. The molecular weight excluding hydrogens is 222 g/mol.